The summed E-state index contributed by atoms with van der Waals surface area (Å²) < 4.78 is 6.46. The number of rotatable bonds is 9. The molecule has 1 saturated carbocycles. The first-order valence-electron chi connectivity index (χ1n) is 23.3. The summed E-state index contributed by atoms with van der Waals surface area (Å²) in [5, 5.41) is 47.9. The predicted molar refractivity (Wildman–Crippen MR) is 248 cm³/mol. The maximum atomic E-state index is 15.4. The van der Waals surface area contributed by atoms with Crippen molar-refractivity contribution in [3.63, 3.8) is 0 Å². The molecule has 0 spiro atoms. The van der Waals surface area contributed by atoms with Crippen LogP contribution in [-0.2, 0) is 41.7 Å². The van der Waals surface area contributed by atoms with Crippen LogP contribution in [0.5, 0.6) is 17.2 Å². The van der Waals surface area contributed by atoms with Crippen LogP contribution in [-0.4, -0.2) is 62.8 Å². The van der Waals surface area contributed by atoms with Crippen molar-refractivity contribution in [2.24, 2.45) is 17.8 Å². The molecule has 3 aliphatic carbocycles. The van der Waals surface area contributed by atoms with Crippen LogP contribution in [0, 0.1) is 17.8 Å². The minimum absolute atomic E-state index is 0.00909. The number of aromatic nitrogens is 2. The van der Waals surface area contributed by atoms with Gasteiger partial charge >= 0.3 is 0 Å². The maximum absolute atomic E-state index is 15.4. The Hall–Kier alpha value is -5.84. The van der Waals surface area contributed by atoms with Gasteiger partial charge < -0.3 is 40.4 Å². The standard InChI is InChI=1S/C54H59N3O7/c58-23-4-6-36-14-11-34-25-39(36)30-38-18-21-56-54(38)57-32-41-31-47-44(19-22-55-47)46(28-33-10-15-37-5-3-9-48(60)43(37)16-12-33)51(41)53(63)45(20-24-59)49(61)17-13-35-27-40(26-34)52(62)50(29-35)64-42-7-1-2-8-42/h3,5,9,11-12,14,16,18-19,21-22,25,27,29,31,33,42,45-46,51,56,58-60,62H,1-2,4,6-8,10,13,15,17,20,23-24,26,28,30,32H2/q-2. The third-order valence-corrected chi connectivity index (χ3v) is 14.1. The number of hydrogen-bond acceptors (Lipinski definition) is 7. The van der Waals surface area contributed by atoms with Crippen LogP contribution in [0.25, 0.3) is 17.5 Å². The van der Waals surface area contributed by atoms with Crippen molar-refractivity contribution in [3.05, 3.63) is 146 Å². The Bertz CT molecular complexity index is 2540. The Morgan fingerprint density at radius 1 is 0.828 bits per heavy atom. The molecule has 10 nitrogen and oxygen atoms in total. The van der Waals surface area contributed by atoms with Gasteiger partial charge in [-0.1, -0.05) is 89.9 Å². The van der Waals surface area contributed by atoms with E-state index in [9.17, 15) is 25.2 Å². The van der Waals surface area contributed by atoms with Gasteiger partial charge in [0.25, 0.3) is 0 Å². The molecule has 1 aliphatic heterocycles. The van der Waals surface area contributed by atoms with Gasteiger partial charge in [0.05, 0.1) is 12.0 Å². The third-order valence-electron chi connectivity index (χ3n) is 14.1. The summed E-state index contributed by atoms with van der Waals surface area (Å²) in [6.07, 6.45) is 18.8. The fraction of sp³-hybridized carbons (Fsp3) is 0.407. The number of ketones is 2. The van der Waals surface area contributed by atoms with Gasteiger partial charge in [0.2, 0.25) is 0 Å². The predicted octanol–water partition coefficient (Wildman–Crippen LogP) is 9.36. The first-order chi connectivity index (χ1) is 31.3. The van der Waals surface area contributed by atoms with Crippen molar-refractivity contribution in [1.29, 1.82) is 0 Å². The zero-order valence-electron chi connectivity index (χ0n) is 36.5. The number of Topliss-reactive ketones (excluding diaryl/α,β-unsaturated/α-hetero) is 2. The lowest BCUT2D eigenvalue weighted by Gasteiger charge is -2.38. The molecule has 5 aromatic rings. The van der Waals surface area contributed by atoms with Gasteiger partial charge in [-0.2, -0.15) is 6.20 Å². The summed E-state index contributed by atoms with van der Waals surface area (Å²) in [6.45, 7) is -0.0201. The number of phenolic OH excluding ortho intramolecular Hbond substituents is 2. The number of carbonyl (C=O) groups excluding carboxylic acids is 2. The van der Waals surface area contributed by atoms with E-state index in [1.807, 2.05) is 48.7 Å². The van der Waals surface area contributed by atoms with Crippen molar-refractivity contribution < 1.29 is 34.8 Å². The molecule has 334 valence electrons. The van der Waals surface area contributed by atoms with E-state index in [0.29, 0.717) is 55.7 Å². The Kier molecular flexibility index (Phi) is 13.2. The molecular weight excluding hydrogens is 803 g/mol. The average molecular weight is 862 g/mol. The molecule has 4 aliphatic rings. The number of aryl methyl sites for hydroxylation is 3. The fourth-order valence-corrected chi connectivity index (χ4v) is 10.8. The number of benzene rings is 3. The van der Waals surface area contributed by atoms with Crippen molar-refractivity contribution in [2.45, 2.75) is 102 Å². The molecule has 0 amide bonds. The van der Waals surface area contributed by atoms with E-state index < -0.39 is 11.8 Å². The van der Waals surface area contributed by atoms with Crippen LogP contribution < -0.4 is 9.72 Å². The summed E-state index contributed by atoms with van der Waals surface area (Å²) in [4.78, 5) is 38.1. The normalized spacial score (nSPS) is 21.6. The average Bonchev–Trinajstić information content (AvgIpc) is 4.07. The molecule has 5 N–H and O–H groups in total. The molecule has 3 aromatic carbocycles. The Morgan fingerprint density at radius 2 is 1.69 bits per heavy atom. The van der Waals surface area contributed by atoms with Crippen LogP contribution in [0.4, 0.5) is 5.82 Å². The molecule has 1 fully saturated rings. The number of fused-ring (bicyclic) bond motifs is 8. The van der Waals surface area contributed by atoms with Gasteiger partial charge in [-0.25, -0.2) is 0 Å². The fourth-order valence-electron chi connectivity index (χ4n) is 10.8. The summed E-state index contributed by atoms with van der Waals surface area (Å²) in [5.41, 5.74) is 10.3. The molecule has 0 saturated heterocycles. The Morgan fingerprint density at radius 3 is 2.53 bits per heavy atom. The quantitative estimate of drug-likeness (QED) is 0.0914. The van der Waals surface area contributed by atoms with E-state index in [1.165, 1.54) is 0 Å². The lowest BCUT2D eigenvalue weighted by Crippen LogP contribution is -2.37. The van der Waals surface area contributed by atoms with Crippen molar-refractivity contribution in [3.8, 4) is 17.2 Å². The van der Waals surface area contributed by atoms with Crippen LogP contribution in [0.15, 0.2) is 84.7 Å². The minimum atomic E-state index is -1.04. The maximum Gasteiger partial charge on any atom is 0.161 e. The number of hydrogen-bond donors (Lipinski definition) is 5. The van der Waals surface area contributed by atoms with Gasteiger partial charge in [-0.05, 0) is 141 Å². The van der Waals surface area contributed by atoms with Crippen LogP contribution in [0.2, 0.25) is 0 Å². The van der Waals surface area contributed by atoms with Gasteiger partial charge in [-0.3, -0.25) is 9.59 Å². The number of aromatic hydroxyl groups is 2. The van der Waals surface area contributed by atoms with E-state index in [1.54, 1.807) is 12.3 Å². The first-order valence-corrected chi connectivity index (χ1v) is 23.3. The van der Waals surface area contributed by atoms with E-state index in [2.05, 4.69) is 35.3 Å². The number of aromatic amines is 1. The van der Waals surface area contributed by atoms with Gasteiger partial charge in [-0.15, -0.1) is 5.69 Å². The number of nitrogens with one attached hydrogen (secondary N) is 1. The van der Waals surface area contributed by atoms with E-state index in [0.717, 1.165) is 94.3 Å². The number of ether oxygens (including phenoxy) is 1. The number of allylic oxidation sites excluding steroid dienone is 1. The van der Waals surface area contributed by atoms with E-state index >= 15 is 4.79 Å². The monoisotopic (exact) mass is 861 g/mol. The molecule has 64 heavy (non-hydrogen) atoms. The molecule has 4 unspecified atom stereocenters. The number of carbonyl (C=O) groups is 2. The van der Waals surface area contributed by atoms with Crippen LogP contribution in [0.3, 0.4) is 0 Å². The molecule has 3 heterocycles. The zero-order chi connectivity index (χ0) is 44.2. The van der Waals surface area contributed by atoms with Crippen molar-refractivity contribution in [1.82, 2.24) is 9.97 Å². The van der Waals surface area contributed by atoms with Gasteiger partial charge in [0.1, 0.15) is 11.5 Å². The molecular formula is C54H59N3O7-2. The van der Waals surface area contributed by atoms with Crippen LogP contribution >= 0.6 is 0 Å². The highest BCUT2D eigenvalue weighted by molar-refractivity contribution is 6.05. The molecule has 2 aromatic heterocycles. The summed E-state index contributed by atoms with van der Waals surface area (Å²) >= 11 is 0. The summed E-state index contributed by atoms with van der Waals surface area (Å²) in [7, 11) is 0. The number of aliphatic hydroxyl groups excluding tert-OH is 2. The smallest absolute Gasteiger partial charge is 0.161 e. The lowest BCUT2D eigenvalue weighted by atomic mass is 9.67. The number of aliphatic hydroxyl groups is 2. The summed E-state index contributed by atoms with van der Waals surface area (Å²) in [6, 6.07) is 19.9. The second kappa shape index (κ2) is 19.5. The topological polar surface area (TPSA) is 168 Å². The number of H-pyrrole nitrogens is 1. The largest absolute Gasteiger partial charge is 0.664 e. The van der Waals surface area contributed by atoms with Gasteiger partial charge in [0, 0.05) is 43.1 Å². The highest BCUT2D eigenvalue weighted by Crippen LogP contribution is 2.47. The summed E-state index contributed by atoms with van der Waals surface area (Å²) in [5.74, 6) is -0.913. The molecule has 4 atom stereocenters. The molecule has 0 radical (unpaired) electrons. The minimum Gasteiger partial charge on any atom is -0.664 e. The highest BCUT2D eigenvalue weighted by atomic mass is 16.5. The zero-order valence-corrected chi connectivity index (χ0v) is 36.5. The van der Waals surface area contributed by atoms with E-state index in [4.69, 9.17) is 15.0 Å². The van der Waals surface area contributed by atoms with Crippen molar-refractivity contribution >= 4 is 29.5 Å². The lowest BCUT2D eigenvalue weighted by molar-refractivity contribution is -0.135. The second-order valence-electron chi connectivity index (χ2n) is 18.3. The SMILES string of the molecule is O=C1CCc2cc(c(O)c(OC3CCCC3)c2)Cc2ccc(CCCO)c(c2)Cc2cc[nH]c2[N-]CC2=Cc3[n-]ccc3C(CC3C=Cc4c(O)cccc4CC3)C2C(=O)C1CCO. The third kappa shape index (κ3) is 9.35. The Labute approximate surface area is 375 Å². The molecule has 9 rings (SSSR count). The van der Waals surface area contributed by atoms with Gasteiger partial charge in [0.15, 0.2) is 17.3 Å². The second-order valence-corrected chi connectivity index (χ2v) is 18.3. The molecule has 4 bridgehead atoms. The number of nitrogens with zero attached hydrogens (tertiary/aromatic N) is 2. The van der Waals surface area contributed by atoms with Crippen molar-refractivity contribution in [2.75, 3.05) is 19.8 Å². The number of phenols is 2. The van der Waals surface area contributed by atoms with E-state index in [-0.39, 0.29) is 73.6 Å². The van der Waals surface area contributed by atoms with Crippen LogP contribution in [0.1, 0.15) is 119 Å². The highest BCUT2D eigenvalue weighted by Gasteiger charge is 2.41. The molecule has 10 heteroatoms. The first kappa shape index (κ1) is 43.4. The Balaban J connectivity index is 1.11.